The third-order valence-electron chi connectivity index (χ3n) is 4.21. The number of aromatic amines is 1. The molecular weight excluding hydrogens is 424 g/mol. The topological polar surface area (TPSA) is 226 Å². The number of carboxylic acid groups (broad SMARTS) is 2. The fourth-order valence-corrected chi connectivity index (χ4v) is 2.64. The Morgan fingerprint density at radius 2 is 1.91 bits per heavy atom. The highest BCUT2D eigenvalue weighted by atomic mass is 16.4. The number of nitrogens with zero attached hydrogens (tertiary/aromatic N) is 4. The van der Waals surface area contributed by atoms with Gasteiger partial charge in [0.15, 0.2) is 11.2 Å². The number of amides is 1. The molecule has 166 valence electrons. The fourth-order valence-electron chi connectivity index (χ4n) is 2.64. The number of pyridine rings is 1. The van der Waals surface area contributed by atoms with Crippen LogP contribution in [0.15, 0.2) is 29.3 Å². The molecule has 3 heterocycles. The lowest BCUT2D eigenvalue weighted by Gasteiger charge is -2.13. The minimum atomic E-state index is -1.35. The van der Waals surface area contributed by atoms with Crippen LogP contribution in [0.5, 0.6) is 0 Å². The summed E-state index contributed by atoms with van der Waals surface area (Å²) in [6.45, 7) is 0.191. The molecule has 1 unspecified atom stereocenters. The predicted molar refractivity (Wildman–Crippen MR) is 110 cm³/mol. The van der Waals surface area contributed by atoms with Crippen molar-refractivity contribution in [3.63, 3.8) is 0 Å². The summed E-state index contributed by atoms with van der Waals surface area (Å²) in [5.74, 6) is -3.32. The SMILES string of the molecule is Nc1nc2ncc(CNc3ccc(C(=O)NC(CCC(=O)O)C(=O)O)nc3)nc2c(=O)[nH]1. The molecule has 0 fully saturated rings. The van der Waals surface area contributed by atoms with Crippen LogP contribution in [0.25, 0.3) is 11.2 Å². The number of nitrogen functional groups attached to an aromatic ring is 1. The number of carbonyl (C=O) groups excluding carboxylic acids is 1. The van der Waals surface area contributed by atoms with Crippen LogP contribution in [0.1, 0.15) is 29.0 Å². The maximum Gasteiger partial charge on any atom is 0.326 e. The van der Waals surface area contributed by atoms with Crippen molar-refractivity contribution in [3.8, 4) is 0 Å². The molecule has 3 aromatic rings. The van der Waals surface area contributed by atoms with E-state index in [9.17, 15) is 19.2 Å². The summed E-state index contributed by atoms with van der Waals surface area (Å²) < 4.78 is 0. The molecule has 0 bridgehead atoms. The fraction of sp³-hybridized carbons (Fsp3) is 0.222. The first kappa shape index (κ1) is 22.1. The number of nitrogens with one attached hydrogen (secondary N) is 3. The van der Waals surface area contributed by atoms with E-state index < -0.39 is 35.9 Å². The van der Waals surface area contributed by atoms with E-state index in [1.54, 1.807) is 6.07 Å². The molecule has 1 atom stereocenters. The molecule has 0 aliphatic heterocycles. The van der Waals surface area contributed by atoms with Crippen molar-refractivity contribution >= 4 is 40.6 Å². The Hall–Kier alpha value is -4.62. The summed E-state index contributed by atoms with van der Waals surface area (Å²) in [4.78, 5) is 64.4. The van der Waals surface area contributed by atoms with Gasteiger partial charge in [-0.05, 0) is 18.6 Å². The molecule has 14 heteroatoms. The van der Waals surface area contributed by atoms with Crippen molar-refractivity contribution in [2.45, 2.75) is 25.4 Å². The zero-order chi connectivity index (χ0) is 23.3. The number of carboxylic acids is 2. The Morgan fingerprint density at radius 3 is 2.56 bits per heavy atom. The van der Waals surface area contributed by atoms with E-state index in [4.69, 9.17) is 15.9 Å². The average Bonchev–Trinajstić information content (AvgIpc) is 2.75. The van der Waals surface area contributed by atoms with Gasteiger partial charge >= 0.3 is 11.9 Å². The maximum atomic E-state index is 12.2. The Morgan fingerprint density at radius 1 is 1.12 bits per heavy atom. The van der Waals surface area contributed by atoms with Gasteiger partial charge in [0.2, 0.25) is 5.95 Å². The second-order valence-electron chi connectivity index (χ2n) is 6.57. The number of H-pyrrole nitrogens is 1. The first-order valence-electron chi connectivity index (χ1n) is 9.19. The molecule has 0 saturated carbocycles. The van der Waals surface area contributed by atoms with Gasteiger partial charge in [0, 0.05) is 6.42 Å². The van der Waals surface area contributed by atoms with E-state index >= 15 is 0 Å². The van der Waals surface area contributed by atoms with Gasteiger partial charge < -0.3 is 26.6 Å². The van der Waals surface area contributed by atoms with Crippen molar-refractivity contribution in [1.29, 1.82) is 0 Å². The average molecular weight is 442 g/mol. The van der Waals surface area contributed by atoms with Crippen molar-refractivity contribution < 1.29 is 24.6 Å². The standard InChI is InChI=1S/C18H18N8O6/c19-18-25-14-13(16(30)26-18)23-9(7-22-14)6-20-8-1-2-10(21-5-8)15(29)24-11(17(31)32)3-4-12(27)28/h1-2,5,7,11,20H,3-4,6H2,(H,24,29)(H,27,28)(H,31,32)(H3,19,22,25,26,30). The Balaban J connectivity index is 1.62. The normalized spacial score (nSPS) is 11.6. The van der Waals surface area contributed by atoms with Gasteiger partial charge in [0.05, 0.1) is 30.3 Å². The molecular formula is C18H18N8O6. The Kier molecular flexibility index (Phi) is 6.53. The van der Waals surface area contributed by atoms with E-state index in [-0.39, 0.29) is 35.8 Å². The first-order chi connectivity index (χ1) is 15.2. The van der Waals surface area contributed by atoms with Gasteiger partial charge in [-0.1, -0.05) is 0 Å². The van der Waals surface area contributed by atoms with Crippen LogP contribution in [-0.4, -0.2) is 59.0 Å². The highest BCUT2D eigenvalue weighted by molar-refractivity contribution is 5.95. The second-order valence-corrected chi connectivity index (χ2v) is 6.57. The smallest absolute Gasteiger partial charge is 0.326 e. The maximum absolute atomic E-state index is 12.2. The van der Waals surface area contributed by atoms with Gasteiger partial charge in [0.25, 0.3) is 11.5 Å². The highest BCUT2D eigenvalue weighted by Crippen LogP contribution is 2.10. The number of rotatable bonds is 9. The lowest BCUT2D eigenvalue weighted by Crippen LogP contribution is -2.41. The lowest BCUT2D eigenvalue weighted by atomic mass is 10.1. The Labute approximate surface area is 178 Å². The molecule has 3 aromatic heterocycles. The van der Waals surface area contributed by atoms with E-state index in [2.05, 4.69) is 35.6 Å². The molecule has 7 N–H and O–H groups in total. The number of anilines is 2. The van der Waals surface area contributed by atoms with Crippen LogP contribution in [-0.2, 0) is 16.1 Å². The zero-order valence-electron chi connectivity index (χ0n) is 16.4. The van der Waals surface area contributed by atoms with Gasteiger partial charge in [0.1, 0.15) is 11.7 Å². The van der Waals surface area contributed by atoms with Gasteiger partial charge in [-0.2, -0.15) is 4.98 Å². The molecule has 0 aliphatic rings. The highest BCUT2D eigenvalue weighted by Gasteiger charge is 2.22. The van der Waals surface area contributed by atoms with E-state index in [1.165, 1.54) is 18.5 Å². The van der Waals surface area contributed by atoms with Gasteiger partial charge in [-0.3, -0.25) is 19.4 Å². The quantitative estimate of drug-likeness (QED) is 0.243. The summed E-state index contributed by atoms with van der Waals surface area (Å²) in [6.07, 6.45) is 2.12. The molecule has 0 saturated heterocycles. The minimum Gasteiger partial charge on any atom is -0.481 e. The summed E-state index contributed by atoms with van der Waals surface area (Å²) in [7, 11) is 0. The third-order valence-corrected chi connectivity index (χ3v) is 4.21. The number of hydrogen-bond donors (Lipinski definition) is 6. The van der Waals surface area contributed by atoms with Crippen LogP contribution in [0.4, 0.5) is 11.6 Å². The Bertz CT molecular complexity index is 1230. The zero-order valence-corrected chi connectivity index (χ0v) is 16.4. The van der Waals surface area contributed by atoms with Gasteiger partial charge in [-0.25, -0.2) is 19.7 Å². The van der Waals surface area contributed by atoms with Crippen LogP contribution < -0.4 is 21.9 Å². The summed E-state index contributed by atoms with van der Waals surface area (Å²) in [5, 5.41) is 23.0. The summed E-state index contributed by atoms with van der Waals surface area (Å²) in [5.41, 5.74) is 6.04. The molecule has 0 spiro atoms. The van der Waals surface area contributed by atoms with Crippen molar-refractivity contribution in [3.05, 3.63) is 46.3 Å². The lowest BCUT2D eigenvalue weighted by molar-refractivity contribution is -0.140. The number of hydrogen-bond acceptors (Lipinski definition) is 10. The molecule has 0 radical (unpaired) electrons. The van der Waals surface area contributed by atoms with E-state index in [0.717, 1.165) is 0 Å². The monoisotopic (exact) mass is 442 g/mol. The molecule has 3 rings (SSSR count). The van der Waals surface area contributed by atoms with Crippen molar-refractivity contribution in [2.24, 2.45) is 0 Å². The predicted octanol–water partition coefficient (Wildman–Crippen LogP) is -0.650. The number of nitrogens with two attached hydrogens (primary N) is 1. The number of carbonyl (C=O) groups is 3. The molecule has 32 heavy (non-hydrogen) atoms. The molecule has 0 aromatic carbocycles. The van der Waals surface area contributed by atoms with E-state index in [0.29, 0.717) is 11.4 Å². The molecule has 14 nitrogen and oxygen atoms in total. The first-order valence-corrected chi connectivity index (χ1v) is 9.19. The summed E-state index contributed by atoms with van der Waals surface area (Å²) >= 11 is 0. The third kappa shape index (κ3) is 5.50. The minimum absolute atomic E-state index is 0.0412. The van der Waals surface area contributed by atoms with Crippen molar-refractivity contribution in [2.75, 3.05) is 11.1 Å². The second kappa shape index (κ2) is 9.46. The largest absolute Gasteiger partial charge is 0.481 e. The van der Waals surface area contributed by atoms with Crippen LogP contribution in [0.2, 0.25) is 0 Å². The number of aromatic nitrogens is 5. The number of fused-ring (bicyclic) bond motifs is 1. The van der Waals surface area contributed by atoms with Crippen LogP contribution in [0, 0.1) is 0 Å². The molecule has 0 aliphatic carbocycles. The molecule has 1 amide bonds. The van der Waals surface area contributed by atoms with Crippen LogP contribution >= 0.6 is 0 Å². The van der Waals surface area contributed by atoms with Crippen LogP contribution in [0.3, 0.4) is 0 Å². The van der Waals surface area contributed by atoms with E-state index in [1.807, 2.05) is 0 Å². The summed E-state index contributed by atoms with van der Waals surface area (Å²) in [6, 6.07) is 1.56. The number of aliphatic carboxylic acids is 2. The van der Waals surface area contributed by atoms with Crippen molar-refractivity contribution in [1.82, 2.24) is 30.2 Å². The van der Waals surface area contributed by atoms with Gasteiger partial charge in [-0.15, -0.1) is 0 Å².